The highest BCUT2D eigenvalue weighted by atomic mass is 32.1. The van der Waals surface area contributed by atoms with Gasteiger partial charge in [-0.3, -0.25) is 4.79 Å². The Balaban J connectivity index is 1.90. The van der Waals surface area contributed by atoms with Gasteiger partial charge in [-0.05, 0) is 36.4 Å². The molecule has 1 aliphatic heterocycles. The number of hydrogen-bond acceptors (Lipinski definition) is 3. The fraction of sp³-hybridized carbons (Fsp3) is 0.312. The minimum Gasteiger partial charge on any atom is -0.381 e. The van der Waals surface area contributed by atoms with Crippen LogP contribution in [0.5, 0.6) is 0 Å². The predicted octanol–water partition coefficient (Wildman–Crippen LogP) is 3.57. The molecule has 1 saturated heterocycles. The van der Waals surface area contributed by atoms with Crippen molar-refractivity contribution in [3.8, 4) is 0 Å². The van der Waals surface area contributed by atoms with Crippen molar-refractivity contribution in [2.45, 2.75) is 18.3 Å². The topological polar surface area (TPSA) is 38.3 Å². The number of nitrogens with one attached hydrogen (secondary N) is 1. The number of halogens is 1. The van der Waals surface area contributed by atoms with E-state index in [2.05, 4.69) is 5.32 Å². The van der Waals surface area contributed by atoms with E-state index in [1.807, 2.05) is 17.5 Å². The standard InChI is InChI=1S/C16H16FNO2S/c17-12-4-1-2-5-13(12)18-15(19)16(7-9-20-10-8-16)14-6-3-11-21-14/h1-6,11H,7-10H2,(H,18,19). The Morgan fingerprint density at radius 2 is 1.95 bits per heavy atom. The van der Waals surface area contributed by atoms with Crippen molar-refractivity contribution >= 4 is 22.9 Å². The Morgan fingerprint density at radius 1 is 1.19 bits per heavy atom. The van der Waals surface area contributed by atoms with Crippen LogP contribution in [0.4, 0.5) is 10.1 Å². The summed E-state index contributed by atoms with van der Waals surface area (Å²) in [6.07, 6.45) is 1.24. The van der Waals surface area contributed by atoms with Gasteiger partial charge in [-0.1, -0.05) is 18.2 Å². The van der Waals surface area contributed by atoms with E-state index in [4.69, 9.17) is 4.74 Å². The first-order chi connectivity index (χ1) is 10.2. The summed E-state index contributed by atoms with van der Waals surface area (Å²) in [6.45, 7) is 1.09. The van der Waals surface area contributed by atoms with Gasteiger partial charge in [0.1, 0.15) is 5.82 Å². The molecule has 1 fully saturated rings. The molecule has 0 radical (unpaired) electrons. The minimum atomic E-state index is -0.616. The number of carbonyl (C=O) groups excluding carboxylic acids is 1. The number of anilines is 1. The van der Waals surface area contributed by atoms with E-state index < -0.39 is 11.2 Å². The van der Waals surface area contributed by atoms with Crippen molar-refractivity contribution in [2.75, 3.05) is 18.5 Å². The van der Waals surface area contributed by atoms with Gasteiger partial charge >= 0.3 is 0 Å². The van der Waals surface area contributed by atoms with Gasteiger partial charge < -0.3 is 10.1 Å². The van der Waals surface area contributed by atoms with E-state index in [1.165, 1.54) is 6.07 Å². The number of benzene rings is 1. The summed E-state index contributed by atoms with van der Waals surface area (Å²) in [5.74, 6) is -0.572. The second-order valence-corrected chi connectivity index (χ2v) is 6.05. The summed E-state index contributed by atoms with van der Waals surface area (Å²) < 4.78 is 19.1. The van der Waals surface area contributed by atoms with Crippen molar-refractivity contribution < 1.29 is 13.9 Å². The van der Waals surface area contributed by atoms with Crippen molar-refractivity contribution in [3.05, 3.63) is 52.5 Å². The maximum absolute atomic E-state index is 13.7. The normalized spacial score (nSPS) is 17.4. The zero-order valence-electron chi connectivity index (χ0n) is 11.5. The minimum absolute atomic E-state index is 0.154. The SMILES string of the molecule is O=C(Nc1ccccc1F)C1(c2cccs2)CCOCC1. The van der Waals surface area contributed by atoms with Crippen LogP contribution in [-0.4, -0.2) is 19.1 Å². The Hall–Kier alpha value is -1.72. The molecule has 0 unspecified atom stereocenters. The number of rotatable bonds is 3. The molecule has 0 bridgehead atoms. The van der Waals surface area contributed by atoms with Crippen LogP contribution in [0.1, 0.15) is 17.7 Å². The number of hydrogen-bond donors (Lipinski definition) is 1. The van der Waals surface area contributed by atoms with Crippen molar-refractivity contribution in [1.29, 1.82) is 0 Å². The summed E-state index contributed by atoms with van der Waals surface area (Å²) in [5, 5.41) is 4.71. The molecule has 2 heterocycles. The van der Waals surface area contributed by atoms with Crippen LogP contribution in [0, 0.1) is 5.82 Å². The van der Waals surface area contributed by atoms with Crippen molar-refractivity contribution in [2.24, 2.45) is 0 Å². The molecule has 0 spiro atoms. The van der Waals surface area contributed by atoms with Gasteiger partial charge in [0.2, 0.25) is 5.91 Å². The molecular formula is C16H16FNO2S. The maximum atomic E-state index is 13.7. The number of para-hydroxylation sites is 1. The van der Waals surface area contributed by atoms with Crippen LogP contribution in [0.25, 0.3) is 0 Å². The molecule has 1 aliphatic rings. The second kappa shape index (κ2) is 5.95. The lowest BCUT2D eigenvalue weighted by Crippen LogP contribution is -2.44. The lowest BCUT2D eigenvalue weighted by Gasteiger charge is -2.35. The highest BCUT2D eigenvalue weighted by molar-refractivity contribution is 7.10. The van der Waals surface area contributed by atoms with Gasteiger partial charge in [0.25, 0.3) is 0 Å². The molecule has 21 heavy (non-hydrogen) atoms. The zero-order valence-corrected chi connectivity index (χ0v) is 12.3. The molecule has 0 atom stereocenters. The molecule has 1 amide bonds. The average Bonchev–Trinajstić information content (AvgIpc) is 3.05. The van der Waals surface area contributed by atoms with Crippen LogP contribution >= 0.6 is 11.3 Å². The molecule has 1 aromatic heterocycles. The molecule has 110 valence electrons. The molecule has 0 aliphatic carbocycles. The van der Waals surface area contributed by atoms with Crippen LogP contribution in [0.3, 0.4) is 0 Å². The lowest BCUT2D eigenvalue weighted by molar-refractivity contribution is -0.125. The highest BCUT2D eigenvalue weighted by Crippen LogP contribution is 2.38. The number of amides is 1. The molecular weight excluding hydrogens is 289 g/mol. The van der Waals surface area contributed by atoms with E-state index in [9.17, 15) is 9.18 Å². The smallest absolute Gasteiger partial charge is 0.236 e. The third-order valence-corrected chi connectivity index (χ3v) is 4.97. The van der Waals surface area contributed by atoms with Crippen LogP contribution < -0.4 is 5.32 Å². The Bertz CT molecular complexity index is 621. The van der Waals surface area contributed by atoms with Gasteiger partial charge in [-0.15, -0.1) is 11.3 Å². The van der Waals surface area contributed by atoms with Gasteiger partial charge in [-0.25, -0.2) is 4.39 Å². The first-order valence-electron chi connectivity index (χ1n) is 6.90. The van der Waals surface area contributed by atoms with E-state index >= 15 is 0 Å². The fourth-order valence-corrected chi connectivity index (χ4v) is 3.64. The lowest BCUT2D eigenvalue weighted by atomic mass is 9.78. The number of carbonyl (C=O) groups is 1. The summed E-state index contributed by atoms with van der Waals surface area (Å²) in [6, 6.07) is 10.1. The van der Waals surface area contributed by atoms with Crippen LogP contribution in [0.15, 0.2) is 41.8 Å². The summed E-state index contributed by atoms with van der Waals surface area (Å²) in [5.41, 5.74) is -0.390. The first-order valence-corrected chi connectivity index (χ1v) is 7.78. The Labute approximate surface area is 126 Å². The largest absolute Gasteiger partial charge is 0.381 e. The first kappa shape index (κ1) is 14.2. The third kappa shape index (κ3) is 2.71. The van der Waals surface area contributed by atoms with E-state index in [0.717, 1.165) is 4.88 Å². The van der Waals surface area contributed by atoms with Crippen molar-refractivity contribution in [3.63, 3.8) is 0 Å². The average molecular weight is 305 g/mol. The van der Waals surface area contributed by atoms with Gasteiger partial charge in [0, 0.05) is 18.1 Å². The van der Waals surface area contributed by atoms with Gasteiger partial charge in [-0.2, -0.15) is 0 Å². The quantitative estimate of drug-likeness (QED) is 0.941. The second-order valence-electron chi connectivity index (χ2n) is 5.11. The Kier molecular flexibility index (Phi) is 4.03. The zero-order chi connectivity index (χ0) is 14.7. The monoisotopic (exact) mass is 305 g/mol. The maximum Gasteiger partial charge on any atom is 0.236 e. The molecule has 1 N–H and O–H groups in total. The molecule has 2 aromatic rings. The molecule has 0 saturated carbocycles. The van der Waals surface area contributed by atoms with Crippen LogP contribution in [0.2, 0.25) is 0 Å². The van der Waals surface area contributed by atoms with E-state index in [1.54, 1.807) is 29.5 Å². The summed E-state index contributed by atoms with van der Waals surface area (Å²) in [4.78, 5) is 13.8. The molecule has 3 nitrogen and oxygen atoms in total. The summed E-state index contributed by atoms with van der Waals surface area (Å²) >= 11 is 1.56. The third-order valence-electron chi connectivity index (χ3n) is 3.90. The van der Waals surface area contributed by atoms with Gasteiger partial charge in [0.15, 0.2) is 0 Å². The van der Waals surface area contributed by atoms with E-state index in [0.29, 0.717) is 26.1 Å². The van der Waals surface area contributed by atoms with Crippen LogP contribution in [-0.2, 0) is 14.9 Å². The molecule has 3 rings (SSSR count). The summed E-state index contributed by atoms with van der Waals surface area (Å²) in [7, 11) is 0. The van der Waals surface area contributed by atoms with E-state index in [-0.39, 0.29) is 11.6 Å². The highest BCUT2D eigenvalue weighted by Gasteiger charge is 2.42. The number of thiophene rings is 1. The Morgan fingerprint density at radius 3 is 2.62 bits per heavy atom. The molecule has 5 heteroatoms. The molecule has 1 aromatic carbocycles. The van der Waals surface area contributed by atoms with Gasteiger partial charge in [0.05, 0.1) is 11.1 Å². The number of ether oxygens (including phenoxy) is 1. The predicted molar refractivity (Wildman–Crippen MR) is 81.1 cm³/mol. The fourth-order valence-electron chi connectivity index (χ4n) is 2.66. The van der Waals surface area contributed by atoms with Crippen molar-refractivity contribution in [1.82, 2.24) is 0 Å².